The second-order valence-electron chi connectivity index (χ2n) is 7.03. The number of aromatic hydroxyl groups is 1. The molecule has 8 heteroatoms. The fraction of sp³-hybridized carbons (Fsp3) is 0.0909. The summed E-state index contributed by atoms with van der Waals surface area (Å²) in [6.45, 7) is 0. The number of halogens is 1. The first-order chi connectivity index (χ1) is 14.5. The molecule has 3 aromatic carbocycles. The number of hydrogen-bond acceptors (Lipinski definition) is 5. The van der Waals surface area contributed by atoms with Crippen LogP contribution in [0.25, 0.3) is 21.8 Å². The normalized spacial score (nSPS) is 15.9. The first kappa shape index (κ1) is 18.3. The monoisotopic (exact) mass is 421 g/mol. The van der Waals surface area contributed by atoms with Crippen LogP contribution in [0.1, 0.15) is 17.0 Å². The highest BCUT2D eigenvalue weighted by atomic mass is 35.5. The number of hydrogen-bond donors (Lipinski definition) is 3. The Morgan fingerprint density at radius 1 is 1.17 bits per heavy atom. The van der Waals surface area contributed by atoms with Crippen LogP contribution in [0.2, 0.25) is 5.02 Å². The van der Waals surface area contributed by atoms with E-state index in [4.69, 9.17) is 16.3 Å². The van der Waals surface area contributed by atoms with E-state index >= 15 is 0 Å². The van der Waals surface area contributed by atoms with Crippen molar-refractivity contribution < 1.29 is 14.8 Å². The van der Waals surface area contributed by atoms with E-state index in [0.29, 0.717) is 27.4 Å². The van der Waals surface area contributed by atoms with E-state index in [9.17, 15) is 15.2 Å². The van der Waals surface area contributed by atoms with Gasteiger partial charge in [0.25, 0.3) is 5.88 Å². The van der Waals surface area contributed by atoms with Crippen molar-refractivity contribution >= 4 is 33.4 Å². The fourth-order valence-corrected chi connectivity index (χ4v) is 4.34. The lowest BCUT2D eigenvalue weighted by molar-refractivity contribution is -0.432. The predicted octanol–water partition coefficient (Wildman–Crippen LogP) is 4.87. The number of fused-ring (bicyclic) bond motifs is 4. The lowest BCUT2D eigenvalue weighted by atomic mass is 9.85. The zero-order chi connectivity index (χ0) is 21.0. The highest BCUT2D eigenvalue weighted by Crippen LogP contribution is 2.48. The number of phenols is 1. The molecule has 0 amide bonds. The zero-order valence-corrected chi connectivity index (χ0v) is 16.5. The number of H-pyrrole nitrogens is 1. The van der Waals surface area contributed by atoms with Gasteiger partial charge in [0.15, 0.2) is 0 Å². The summed E-state index contributed by atoms with van der Waals surface area (Å²) in [7, 11) is 1.56. The highest BCUT2D eigenvalue weighted by molar-refractivity contribution is 6.30. The second-order valence-corrected chi connectivity index (χ2v) is 7.47. The summed E-state index contributed by atoms with van der Waals surface area (Å²) >= 11 is 6.22. The Hall–Kier alpha value is -3.71. The van der Waals surface area contributed by atoms with E-state index < -0.39 is 10.8 Å². The summed E-state index contributed by atoms with van der Waals surface area (Å²) in [6.07, 6.45) is 0. The van der Waals surface area contributed by atoms with Gasteiger partial charge in [-0.05, 0) is 36.4 Å². The van der Waals surface area contributed by atoms with Crippen molar-refractivity contribution in [2.24, 2.45) is 0 Å². The van der Waals surface area contributed by atoms with E-state index in [1.165, 1.54) is 0 Å². The van der Waals surface area contributed by atoms with Gasteiger partial charge < -0.3 is 20.1 Å². The molecule has 5 rings (SSSR count). The molecule has 1 aromatic heterocycles. The maximum atomic E-state index is 12.1. The molecule has 7 nitrogen and oxygen atoms in total. The minimum atomic E-state index is -0.901. The third kappa shape index (κ3) is 2.59. The van der Waals surface area contributed by atoms with Crippen molar-refractivity contribution in [2.75, 3.05) is 7.05 Å². The molecule has 1 atom stereocenters. The molecule has 1 aliphatic heterocycles. The molecule has 1 unspecified atom stereocenters. The summed E-state index contributed by atoms with van der Waals surface area (Å²) in [5.74, 6) is -0.498. The number of allylic oxidation sites excluding steroid dienone is 1. The molecule has 0 saturated carbocycles. The van der Waals surface area contributed by atoms with Crippen LogP contribution in [0.4, 0.5) is 0 Å². The number of aromatic nitrogens is 1. The predicted molar refractivity (Wildman–Crippen MR) is 114 cm³/mol. The van der Waals surface area contributed by atoms with E-state index in [1.54, 1.807) is 37.4 Å². The van der Waals surface area contributed by atoms with Crippen molar-refractivity contribution in [1.82, 2.24) is 10.3 Å². The Balaban J connectivity index is 1.91. The smallest absolute Gasteiger partial charge is 0.317 e. The van der Waals surface area contributed by atoms with Gasteiger partial charge in [0.05, 0.1) is 10.4 Å². The van der Waals surface area contributed by atoms with E-state index in [0.717, 1.165) is 16.3 Å². The van der Waals surface area contributed by atoms with Gasteiger partial charge in [-0.25, -0.2) is 0 Å². The molecule has 0 bridgehead atoms. The maximum absolute atomic E-state index is 12.1. The van der Waals surface area contributed by atoms with Crippen molar-refractivity contribution in [3.8, 4) is 11.5 Å². The molecule has 150 valence electrons. The lowest BCUT2D eigenvalue weighted by Crippen LogP contribution is -2.28. The van der Waals surface area contributed by atoms with Crippen LogP contribution in [0.3, 0.4) is 0 Å². The number of aromatic amines is 1. The molecule has 0 fully saturated rings. The van der Waals surface area contributed by atoms with Gasteiger partial charge in [0.1, 0.15) is 17.4 Å². The van der Waals surface area contributed by atoms with Crippen molar-refractivity contribution in [3.63, 3.8) is 0 Å². The van der Waals surface area contributed by atoms with Crippen LogP contribution in [-0.2, 0) is 0 Å². The number of rotatable bonds is 3. The standard InChI is InChI=1S/C22H16ClN3O4/c1-24-22-21(26(28)29)18(14-10-11(23)6-9-17(14)30-22)19-16(27)8-7-13-12-4-2-3-5-15(12)25-20(13)19/h2-10,18,24-25,27H,1H3. The topological polar surface area (TPSA) is 100 Å². The Morgan fingerprint density at radius 3 is 2.73 bits per heavy atom. The van der Waals surface area contributed by atoms with Crippen LogP contribution in [0.5, 0.6) is 11.5 Å². The summed E-state index contributed by atoms with van der Waals surface area (Å²) in [5, 5.41) is 28.0. The maximum Gasteiger partial charge on any atom is 0.317 e. The van der Waals surface area contributed by atoms with Crippen molar-refractivity contribution in [1.29, 1.82) is 0 Å². The van der Waals surface area contributed by atoms with Gasteiger partial charge >= 0.3 is 5.70 Å². The Labute approximate surface area is 175 Å². The Kier molecular flexibility index (Phi) is 4.08. The Bertz CT molecular complexity index is 1380. The molecule has 4 aromatic rings. The number of nitrogens with zero attached hydrogens (tertiary/aromatic N) is 1. The summed E-state index contributed by atoms with van der Waals surface area (Å²) < 4.78 is 5.75. The van der Waals surface area contributed by atoms with Gasteiger partial charge in [-0.15, -0.1) is 0 Å². The average Bonchev–Trinajstić information content (AvgIpc) is 3.11. The van der Waals surface area contributed by atoms with Gasteiger partial charge in [-0.3, -0.25) is 10.1 Å². The van der Waals surface area contributed by atoms with Gasteiger partial charge in [0, 0.05) is 39.5 Å². The molecule has 0 radical (unpaired) electrons. The highest BCUT2D eigenvalue weighted by Gasteiger charge is 2.42. The molecular weight excluding hydrogens is 406 g/mol. The number of nitrogens with one attached hydrogen (secondary N) is 2. The molecular formula is C22H16ClN3O4. The van der Waals surface area contributed by atoms with Crippen LogP contribution in [-0.4, -0.2) is 22.1 Å². The van der Waals surface area contributed by atoms with Gasteiger partial charge in [-0.2, -0.15) is 0 Å². The quantitative estimate of drug-likeness (QED) is 0.323. The summed E-state index contributed by atoms with van der Waals surface area (Å²) in [6, 6.07) is 16.1. The van der Waals surface area contributed by atoms with Crippen LogP contribution < -0.4 is 10.1 Å². The molecule has 0 saturated heterocycles. The summed E-state index contributed by atoms with van der Waals surface area (Å²) in [5.41, 5.74) is 2.21. The SMILES string of the molecule is CNC1=C([N+](=O)[O-])C(c2c(O)ccc3c2[nH]c2ccccc23)c2cc(Cl)ccc2O1. The largest absolute Gasteiger partial charge is 0.508 e. The first-order valence-electron chi connectivity index (χ1n) is 9.25. The minimum Gasteiger partial charge on any atom is -0.508 e. The van der Waals surface area contributed by atoms with Crippen molar-refractivity contribution in [3.05, 3.63) is 92.4 Å². The fourth-order valence-electron chi connectivity index (χ4n) is 4.16. The average molecular weight is 422 g/mol. The first-order valence-corrected chi connectivity index (χ1v) is 9.63. The third-order valence-electron chi connectivity index (χ3n) is 5.41. The van der Waals surface area contributed by atoms with Crippen molar-refractivity contribution in [2.45, 2.75) is 5.92 Å². The second kappa shape index (κ2) is 6.67. The van der Waals surface area contributed by atoms with E-state index in [-0.39, 0.29) is 17.3 Å². The number of nitro groups is 1. The van der Waals surface area contributed by atoms with Crippen LogP contribution >= 0.6 is 11.6 Å². The molecule has 3 N–H and O–H groups in total. The minimum absolute atomic E-state index is 0.0207. The van der Waals surface area contributed by atoms with Crippen LogP contribution in [0, 0.1) is 10.1 Å². The number of benzene rings is 3. The van der Waals surface area contributed by atoms with Gasteiger partial charge in [0.2, 0.25) is 0 Å². The third-order valence-corrected chi connectivity index (χ3v) is 5.65. The van der Waals surface area contributed by atoms with E-state index in [2.05, 4.69) is 10.3 Å². The molecule has 0 spiro atoms. The number of ether oxygens (including phenoxy) is 1. The van der Waals surface area contributed by atoms with E-state index in [1.807, 2.05) is 24.3 Å². The molecule has 0 aliphatic carbocycles. The Morgan fingerprint density at radius 2 is 1.97 bits per heavy atom. The molecule has 30 heavy (non-hydrogen) atoms. The summed E-state index contributed by atoms with van der Waals surface area (Å²) in [4.78, 5) is 15.0. The number of para-hydroxylation sites is 1. The molecule has 1 aliphatic rings. The molecule has 2 heterocycles. The number of phenolic OH excluding ortho intramolecular Hbond substituents is 1. The lowest BCUT2D eigenvalue weighted by Gasteiger charge is -2.26. The zero-order valence-electron chi connectivity index (χ0n) is 15.8. The van der Waals surface area contributed by atoms with Gasteiger partial charge in [-0.1, -0.05) is 29.8 Å². The van der Waals surface area contributed by atoms with Crippen LogP contribution in [0.15, 0.2) is 66.2 Å².